The first-order valence-corrected chi connectivity index (χ1v) is 6.91. The van der Waals surface area contributed by atoms with Crippen LogP contribution in [0.2, 0.25) is 0 Å². The van der Waals surface area contributed by atoms with Crippen molar-refractivity contribution in [2.24, 2.45) is 0 Å². The van der Waals surface area contributed by atoms with Crippen molar-refractivity contribution in [2.45, 2.75) is 13.0 Å². The quantitative estimate of drug-likeness (QED) is 0.808. The second-order valence-corrected chi connectivity index (χ2v) is 4.85. The average Bonchev–Trinajstić information content (AvgIpc) is 2.60. The van der Waals surface area contributed by atoms with Crippen molar-refractivity contribution in [1.82, 2.24) is 4.57 Å². The average molecular weight is 312 g/mol. The molecule has 0 fully saturated rings. The summed E-state index contributed by atoms with van der Waals surface area (Å²) in [5, 5.41) is 9.05. The molecule has 0 radical (unpaired) electrons. The molecule has 23 heavy (non-hydrogen) atoms. The molecule has 0 N–H and O–H groups in total. The predicted octanol–water partition coefficient (Wildman–Crippen LogP) is 2.13. The van der Waals surface area contributed by atoms with Gasteiger partial charge in [-0.05, 0) is 48.9 Å². The fraction of sp³-hybridized carbons (Fsp3) is 0.235. The van der Waals surface area contributed by atoms with Crippen LogP contribution in [0, 0.1) is 11.3 Å². The predicted molar refractivity (Wildman–Crippen MR) is 84.1 cm³/mol. The molecule has 1 unspecified atom stereocenters. The molecule has 0 amide bonds. The Kier molecular flexibility index (Phi) is 4.82. The number of carbonyl (C=O) groups is 1. The van der Waals surface area contributed by atoms with E-state index in [4.69, 9.17) is 14.7 Å². The SMILES string of the molecule is COC(=O)C(C)n1c(-c2ccc(OC)cc2)ccc(C#N)c1=O. The largest absolute Gasteiger partial charge is 0.497 e. The van der Waals surface area contributed by atoms with E-state index in [1.165, 1.54) is 17.7 Å². The summed E-state index contributed by atoms with van der Waals surface area (Å²) in [5.41, 5.74) is 0.689. The topological polar surface area (TPSA) is 81.3 Å². The van der Waals surface area contributed by atoms with Gasteiger partial charge in [0.25, 0.3) is 5.56 Å². The molecule has 2 aromatic rings. The molecule has 0 aliphatic rings. The van der Waals surface area contributed by atoms with E-state index in [1.807, 2.05) is 6.07 Å². The summed E-state index contributed by atoms with van der Waals surface area (Å²) in [6.45, 7) is 1.56. The lowest BCUT2D eigenvalue weighted by Crippen LogP contribution is -2.31. The fourth-order valence-corrected chi connectivity index (χ4v) is 2.30. The summed E-state index contributed by atoms with van der Waals surface area (Å²) in [4.78, 5) is 24.4. The molecule has 2 rings (SSSR count). The van der Waals surface area contributed by atoms with Gasteiger partial charge >= 0.3 is 5.97 Å². The van der Waals surface area contributed by atoms with Crippen LogP contribution in [0.15, 0.2) is 41.2 Å². The summed E-state index contributed by atoms with van der Waals surface area (Å²) in [7, 11) is 2.82. The molecular weight excluding hydrogens is 296 g/mol. The monoisotopic (exact) mass is 312 g/mol. The summed E-state index contributed by atoms with van der Waals surface area (Å²) in [6, 6.07) is 11.1. The van der Waals surface area contributed by atoms with Gasteiger partial charge in [-0.1, -0.05) is 0 Å². The van der Waals surface area contributed by atoms with E-state index in [-0.39, 0.29) is 5.56 Å². The van der Waals surface area contributed by atoms with Crippen LogP contribution < -0.4 is 10.3 Å². The molecule has 0 aliphatic carbocycles. The second kappa shape index (κ2) is 6.79. The Labute approximate surface area is 133 Å². The Morgan fingerprint density at radius 3 is 2.35 bits per heavy atom. The Morgan fingerprint density at radius 1 is 1.17 bits per heavy atom. The zero-order valence-corrected chi connectivity index (χ0v) is 13.1. The number of benzene rings is 1. The van der Waals surface area contributed by atoms with Crippen LogP contribution in [-0.2, 0) is 9.53 Å². The lowest BCUT2D eigenvalue weighted by atomic mass is 10.1. The Hall–Kier alpha value is -3.07. The number of rotatable bonds is 4. The van der Waals surface area contributed by atoms with Gasteiger partial charge in [0.2, 0.25) is 0 Å². The van der Waals surface area contributed by atoms with E-state index in [2.05, 4.69) is 0 Å². The van der Waals surface area contributed by atoms with E-state index in [9.17, 15) is 9.59 Å². The van der Waals surface area contributed by atoms with Crippen molar-refractivity contribution in [3.63, 3.8) is 0 Å². The summed E-state index contributed by atoms with van der Waals surface area (Å²) >= 11 is 0. The molecule has 6 heteroatoms. The van der Waals surface area contributed by atoms with Crippen LogP contribution in [-0.4, -0.2) is 24.8 Å². The van der Waals surface area contributed by atoms with Gasteiger partial charge in [-0.2, -0.15) is 5.26 Å². The number of ether oxygens (including phenoxy) is 2. The number of pyridine rings is 1. The molecule has 0 spiro atoms. The molecule has 1 aromatic heterocycles. The molecule has 0 saturated carbocycles. The van der Waals surface area contributed by atoms with Crippen molar-refractivity contribution in [3.8, 4) is 23.1 Å². The fourth-order valence-electron chi connectivity index (χ4n) is 2.30. The molecule has 0 aliphatic heterocycles. The van der Waals surface area contributed by atoms with Gasteiger partial charge < -0.3 is 9.47 Å². The number of methoxy groups -OCH3 is 2. The van der Waals surface area contributed by atoms with Gasteiger partial charge in [0.1, 0.15) is 23.4 Å². The first-order valence-electron chi connectivity index (χ1n) is 6.91. The van der Waals surface area contributed by atoms with Gasteiger partial charge in [0.15, 0.2) is 0 Å². The normalized spacial score (nSPS) is 11.4. The van der Waals surface area contributed by atoms with Crippen molar-refractivity contribution in [3.05, 3.63) is 52.3 Å². The van der Waals surface area contributed by atoms with Crippen LogP contribution in [0.4, 0.5) is 0 Å². The van der Waals surface area contributed by atoms with Gasteiger partial charge in [-0.15, -0.1) is 0 Å². The van der Waals surface area contributed by atoms with E-state index < -0.39 is 17.6 Å². The van der Waals surface area contributed by atoms with Crippen LogP contribution in [0.1, 0.15) is 18.5 Å². The number of hydrogen-bond donors (Lipinski definition) is 0. The number of nitriles is 1. The molecule has 118 valence electrons. The zero-order chi connectivity index (χ0) is 17.0. The standard InChI is InChI=1S/C17H16N2O4/c1-11(17(21)23-3)19-15(9-6-13(10-18)16(19)20)12-4-7-14(22-2)8-5-12/h4-9,11H,1-3H3. The van der Waals surface area contributed by atoms with Crippen LogP contribution in [0.5, 0.6) is 5.75 Å². The third-order valence-electron chi connectivity index (χ3n) is 3.55. The van der Waals surface area contributed by atoms with Crippen molar-refractivity contribution < 1.29 is 14.3 Å². The number of esters is 1. The lowest BCUT2D eigenvalue weighted by molar-refractivity contribution is -0.144. The Balaban J connectivity index is 2.67. The van der Waals surface area contributed by atoms with Crippen LogP contribution >= 0.6 is 0 Å². The smallest absolute Gasteiger partial charge is 0.328 e. The van der Waals surface area contributed by atoms with Crippen molar-refractivity contribution in [1.29, 1.82) is 5.26 Å². The zero-order valence-electron chi connectivity index (χ0n) is 13.1. The Bertz CT molecular complexity index is 816. The lowest BCUT2D eigenvalue weighted by Gasteiger charge is -2.18. The molecule has 1 aromatic carbocycles. The molecule has 0 bridgehead atoms. The molecule has 1 heterocycles. The van der Waals surface area contributed by atoms with E-state index >= 15 is 0 Å². The van der Waals surface area contributed by atoms with Gasteiger partial charge in [0, 0.05) is 0 Å². The number of nitrogens with zero attached hydrogens (tertiary/aromatic N) is 2. The first kappa shape index (κ1) is 16.3. The minimum absolute atomic E-state index is 0.0296. The molecule has 6 nitrogen and oxygen atoms in total. The maximum Gasteiger partial charge on any atom is 0.328 e. The third kappa shape index (κ3) is 3.09. The second-order valence-electron chi connectivity index (χ2n) is 4.85. The first-order chi connectivity index (χ1) is 11.0. The summed E-state index contributed by atoms with van der Waals surface area (Å²) in [6.07, 6.45) is 0. The van der Waals surface area contributed by atoms with E-state index in [0.29, 0.717) is 11.4 Å². The maximum absolute atomic E-state index is 12.5. The summed E-state index contributed by atoms with van der Waals surface area (Å²) in [5.74, 6) is 0.120. The summed E-state index contributed by atoms with van der Waals surface area (Å²) < 4.78 is 11.1. The van der Waals surface area contributed by atoms with Crippen LogP contribution in [0.25, 0.3) is 11.3 Å². The number of aromatic nitrogens is 1. The minimum atomic E-state index is -0.849. The van der Waals surface area contributed by atoms with Crippen molar-refractivity contribution >= 4 is 5.97 Å². The maximum atomic E-state index is 12.5. The van der Waals surface area contributed by atoms with Crippen LogP contribution in [0.3, 0.4) is 0 Å². The highest BCUT2D eigenvalue weighted by Crippen LogP contribution is 2.24. The molecule has 0 saturated heterocycles. The highest BCUT2D eigenvalue weighted by atomic mass is 16.5. The molecular formula is C17H16N2O4. The molecule has 1 atom stereocenters. The highest BCUT2D eigenvalue weighted by Gasteiger charge is 2.21. The third-order valence-corrected chi connectivity index (χ3v) is 3.55. The minimum Gasteiger partial charge on any atom is -0.497 e. The van der Waals surface area contributed by atoms with Gasteiger partial charge in [-0.25, -0.2) is 4.79 Å². The Morgan fingerprint density at radius 2 is 1.83 bits per heavy atom. The highest BCUT2D eigenvalue weighted by molar-refractivity contribution is 5.75. The number of hydrogen-bond acceptors (Lipinski definition) is 5. The van der Waals surface area contributed by atoms with Crippen molar-refractivity contribution in [2.75, 3.05) is 14.2 Å². The van der Waals surface area contributed by atoms with E-state index in [0.717, 1.165) is 5.56 Å². The van der Waals surface area contributed by atoms with E-state index in [1.54, 1.807) is 44.4 Å². The van der Waals surface area contributed by atoms with Gasteiger partial charge in [-0.3, -0.25) is 9.36 Å². The number of carbonyl (C=O) groups excluding carboxylic acids is 1. The van der Waals surface area contributed by atoms with Gasteiger partial charge in [0.05, 0.1) is 19.9 Å².